The van der Waals surface area contributed by atoms with E-state index < -0.39 is 15.9 Å². The van der Waals surface area contributed by atoms with E-state index >= 15 is 0 Å². The first-order valence-corrected chi connectivity index (χ1v) is 10.9. The van der Waals surface area contributed by atoms with Crippen molar-refractivity contribution in [3.05, 3.63) is 59.2 Å². The van der Waals surface area contributed by atoms with Gasteiger partial charge in [-0.05, 0) is 36.2 Å². The fourth-order valence-corrected chi connectivity index (χ4v) is 3.23. The summed E-state index contributed by atoms with van der Waals surface area (Å²) in [6.07, 6.45) is 1.00. The fourth-order valence-electron chi connectivity index (χ4n) is 2.66. The van der Waals surface area contributed by atoms with Crippen LogP contribution in [-0.4, -0.2) is 33.1 Å². The number of hydrogen-bond acceptors (Lipinski definition) is 5. The smallest absolute Gasteiger partial charge is 0.253 e. The first-order valence-electron chi connectivity index (χ1n) is 9.01. The van der Waals surface area contributed by atoms with Crippen LogP contribution in [0.15, 0.2) is 42.5 Å². The van der Waals surface area contributed by atoms with Gasteiger partial charge in [-0.2, -0.15) is 0 Å². The summed E-state index contributed by atoms with van der Waals surface area (Å²) >= 11 is 0. The maximum absolute atomic E-state index is 12.8. The van der Waals surface area contributed by atoms with E-state index in [1.807, 2.05) is 31.2 Å². The van der Waals surface area contributed by atoms with Crippen molar-refractivity contribution >= 4 is 33.2 Å². The Hall–Kier alpha value is -2.91. The predicted octanol–water partition coefficient (Wildman–Crippen LogP) is 2.48. The van der Waals surface area contributed by atoms with E-state index in [9.17, 15) is 18.0 Å². The van der Waals surface area contributed by atoms with Gasteiger partial charge in [-0.3, -0.25) is 14.3 Å². The number of ether oxygens (including phenoxy) is 1. The standard InChI is InChI=1S/C20H25N3O5S/c1-4-28-13-16-8-6-5-7-15(16)12-21-20(25)18-11-17(22-14(2)24)9-10-19(18)23-29(3,26)27/h5-11,23H,4,12-13H2,1-3H3,(H,21,25)(H,22,24). The summed E-state index contributed by atoms with van der Waals surface area (Å²) < 4.78 is 31.0. The maximum Gasteiger partial charge on any atom is 0.253 e. The highest BCUT2D eigenvalue weighted by atomic mass is 32.2. The maximum atomic E-state index is 12.8. The van der Waals surface area contributed by atoms with E-state index in [0.29, 0.717) is 18.9 Å². The summed E-state index contributed by atoms with van der Waals surface area (Å²) in [5.41, 5.74) is 2.46. The molecule has 0 unspecified atom stereocenters. The summed E-state index contributed by atoms with van der Waals surface area (Å²) in [5.74, 6) is -0.778. The number of hydrogen-bond donors (Lipinski definition) is 3. The van der Waals surface area contributed by atoms with Gasteiger partial charge in [0.05, 0.1) is 24.1 Å². The summed E-state index contributed by atoms with van der Waals surface area (Å²) in [6, 6.07) is 11.9. The van der Waals surface area contributed by atoms with Crippen LogP contribution in [0, 0.1) is 0 Å². The molecule has 0 bridgehead atoms. The third kappa shape index (κ3) is 7.20. The Labute approximate surface area is 170 Å². The third-order valence-electron chi connectivity index (χ3n) is 3.90. The van der Waals surface area contributed by atoms with Crippen molar-refractivity contribution in [3.8, 4) is 0 Å². The molecule has 0 aromatic heterocycles. The van der Waals surface area contributed by atoms with Gasteiger partial charge in [-0.25, -0.2) is 8.42 Å². The van der Waals surface area contributed by atoms with Crippen molar-refractivity contribution in [2.45, 2.75) is 27.0 Å². The van der Waals surface area contributed by atoms with Gasteiger partial charge in [-0.15, -0.1) is 0 Å². The molecular formula is C20H25N3O5S. The van der Waals surface area contributed by atoms with Gasteiger partial charge in [0.2, 0.25) is 15.9 Å². The average molecular weight is 420 g/mol. The molecule has 0 saturated heterocycles. The summed E-state index contributed by atoms with van der Waals surface area (Å²) in [7, 11) is -3.59. The number of nitrogens with one attached hydrogen (secondary N) is 3. The molecule has 9 heteroatoms. The molecule has 2 aromatic rings. The van der Waals surface area contributed by atoms with Crippen LogP contribution in [0.1, 0.15) is 35.3 Å². The predicted molar refractivity (Wildman–Crippen MR) is 112 cm³/mol. The van der Waals surface area contributed by atoms with Crippen molar-refractivity contribution in [3.63, 3.8) is 0 Å². The molecule has 2 aromatic carbocycles. The topological polar surface area (TPSA) is 114 Å². The van der Waals surface area contributed by atoms with Crippen LogP contribution >= 0.6 is 0 Å². The number of benzene rings is 2. The second kappa shape index (κ2) is 10.0. The Morgan fingerprint density at radius 3 is 2.38 bits per heavy atom. The number of carbonyl (C=O) groups excluding carboxylic acids is 2. The lowest BCUT2D eigenvalue weighted by Crippen LogP contribution is -2.25. The molecule has 0 aliphatic rings. The van der Waals surface area contributed by atoms with Crippen LogP contribution in [0.2, 0.25) is 0 Å². The first-order chi connectivity index (χ1) is 13.7. The van der Waals surface area contributed by atoms with Gasteiger partial charge < -0.3 is 15.4 Å². The quantitative estimate of drug-likeness (QED) is 0.578. The Morgan fingerprint density at radius 2 is 1.76 bits per heavy atom. The van der Waals surface area contributed by atoms with E-state index in [1.54, 1.807) is 0 Å². The van der Waals surface area contributed by atoms with E-state index in [4.69, 9.17) is 4.74 Å². The normalized spacial score (nSPS) is 11.0. The number of rotatable bonds is 9. The van der Waals surface area contributed by atoms with Crippen LogP contribution in [-0.2, 0) is 32.7 Å². The van der Waals surface area contributed by atoms with Gasteiger partial charge in [0.1, 0.15) is 0 Å². The van der Waals surface area contributed by atoms with Crippen LogP contribution in [0.25, 0.3) is 0 Å². The zero-order valence-corrected chi connectivity index (χ0v) is 17.4. The lowest BCUT2D eigenvalue weighted by molar-refractivity contribution is -0.114. The Morgan fingerprint density at radius 1 is 1.07 bits per heavy atom. The minimum atomic E-state index is -3.59. The van der Waals surface area contributed by atoms with Gasteiger partial charge in [0.25, 0.3) is 5.91 Å². The summed E-state index contributed by atoms with van der Waals surface area (Å²) in [6.45, 7) is 4.50. The zero-order chi connectivity index (χ0) is 21.4. The van der Waals surface area contributed by atoms with Crippen LogP contribution in [0.3, 0.4) is 0 Å². The third-order valence-corrected chi connectivity index (χ3v) is 4.49. The number of anilines is 2. The highest BCUT2D eigenvalue weighted by molar-refractivity contribution is 7.92. The Kier molecular flexibility index (Phi) is 7.74. The number of amides is 2. The average Bonchev–Trinajstić information content (AvgIpc) is 2.64. The van der Waals surface area contributed by atoms with Crippen LogP contribution in [0.4, 0.5) is 11.4 Å². The lowest BCUT2D eigenvalue weighted by Gasteiger charge is -2.14. The molecule has 2 rings (SSSR count). The highest BCUT2D eigenvalue weighted by Gasteiger charge is 2.16. The molecule has 3 N–H and O–H groups in total. The Balaban J connectivity index is 2.25. The van der Waals surface area contributed by atoms with Gasteiger partial charge in [0.15, 0.2) is 0 Å². The monoisotopic (exact) mass is 419 g/mol. The van der Waals surface area contributed by atoms with E-state index in [-0.39, 0.29) is 23.7 Å². The molecule has 2 amide bonds. The van der Waals surface area contributed by atoms with Crippen molar-refractivity contribution in [2.24, 2.45) is 0 Å². The van der Waals surface area contributed by atoms with Gasteiger partial charge >= 0.3 is 0 Å². The second-order valence-electron chi connectivity index (χ2n) is 6.40. The van der Waals surface area contributed by atoms with Gasteiger partial charge in [-0.1, -0.05) is 24.3 Å². The van der Waals surface area contributed by atoms with Gasteiger partial charge in [0, 0.05) is 25.8 Å². The molecule has 156 valence electrons. The zero-order valence-electron chi connectivity index (χ0n) is 16.6. The molecule has 0 fully saturated rings. The molecule has 0 saturated carbocycles. The van der Waals surface area contributed by atoms with E-state index in [1.165, 1.54) is 25.1 Å². The number of carbonyl (C=O) groups is 2. The molecule has 0 radical (unpaired) electrons. The molecule has 8 nitrogen and oxygen atoms in total. The van der Waals surface area contributed by atoms with Crippen molar-refractivity contribution in [1.29, 1.82) is 0 Å². The molecule has 0 aliphatic heterocycles. The lowest BCUT2D eigenvalue weighted by atomic mass is 10.1. The van der Waals surface area contributed by atoms with Crippen molar-refractivity contribution in [2.75, 3.05) is 22.9 Å². The Bertz CT molecular complexity index is 989. The SMILES string of the molecule is CCOCc1ccccc1CNC(=O)c1cc(NC(C)=O)ccc1NS(C)(=O)=O. The minimum absolute atomic E-state index is 0.101. The second-order valence-corrected chi connectivity index (χ2v) is 8.15. The first kappa shape index (κ1) is 22.4. The van der Waals surface area contributed by atoms with E-state index in [0.717, 1.165) is 17.4 Å². The highest BCUT2D eigenvalue weighted by Crippen LogP contribution is 2.22. The number of sulfonamides is 1. The van der Waals surface area contributed by atoms with Crippen LogP contribution < -0.4 is 15.4 Å². The molecule has 29 heavy (non-hydrogen) atoms. The molecule has 0 aliphatic carbocycles. The van der Waals surface area contributed by atoms with Crippen LogP contribution in [0.5, 0.6) is 0 Å². The summed E-state index contributed by atoms with van der Waals surface area (Å²) in [4.78, 5) is 24.1. The van der Waals surface area contributed by atoms with Crippen molar-refractivity contribution in [1.82, 2.24) is 5.32 Å². The largest absolute Gasteiger partial charge is 0.377 e. The summed E-state index contributed by atoms with van der Waals surface area (Å²) in [5, 5.41) is 5.38. The van der Waals surface area contributed by atoms with Crippen molar-refractivity contribution < 1.29 is 22.7 Å². The van der Waals surface area contributed by atoms with E-state index in [2.05, 4.69) is 15.4 Å². The molecular weight excluding hydrogens is 394 g/mol. The minimum Gasteiger partial charge on any atom is -0.377 e. The molecule has 0 heterocycles. The molecule has 0 spiro atoms. The molecule has 0 atom stereocenters. The fraction of sp³-hybridized carbons (Fsp3) is 0.300.